The maximum absolute atomic E-state index is 12.7. The van der Waals surface area contributed by atoms with Gasteiger partial charge in [0, 0.05) is 23.0 Å². The van der Waals surface area contributed by atoms with Crippen molar-refractivity contribution in [2.24, 2.45) is 0 Å². The molecule has 1 aromatic carbocycles. The molecule has 0 bridgehead atoms. The topological polar surface area (TPSA) is 133 Å². The molecule has 10 nitrogen and oxygen atoms in total. The van der Waals surface area contributed by atoms with Gasteiger partial charge in [-0.25, -0.2) is 23.2 Å². The van der Waals surface area contributed by atoms with E-state index in [1.807, 2.05) is 0 Å². The van der Waals surface area contributed by atoms with Crippen LogP contribution >= 0.6 is 11.6 Å². The molecule has 0 aliphatic rings. The van der Waals surface area contributed by atoms with Gasteiger partial charge in [0.1, 0.15) is 6.33 Å². The Morgan fingerprint density at radius 2 is 1.90 bits per heavy atom. The first kappa shape index (κ1) is 22.4. The smallest absolute Gasteiger partial charge is 0.339 e. The Balaban J connectivity index is 1.84. The summed E-state index contributed by atoms with van der Waals surface area (Å²) in [5.41, 5.74) is 0.364. The number of nitrogens with zero attached hydrogens (tertiary/aromatic N) is 4. The van der Waals surface area contributed by atoms with Crippen LogP contribution in [0.5, 0.6) is 0 Å². The molecule has 3 aromatic rings. The van der Waals surface area contributed by atoms with E-state index < -0.39 is 27.8 Å². The van der Waals surface area contributed by atoms with Crippen molar-refractivity contribution in [3.05, 3.63) is 64.8 Å². The lowest BCUT2D eigenvalue weighted by atomic mass is 10.2. The van der Waals surface area contributed by atoms with Gasteiger partial charge in [0.05, 0.1) is 23.6 Å². The Kier molecular flexibility index (Phi) is 6.37. The molecule has 0 aliphatic carbocycles. The number of hydrogen-bond donors (Lipinski definition) is 1. The Morgan fingerprint density at radius 1 is 1.16 bits per heavy atom. The predicted octanol–water partition coefficient (Wildman–Crippen LogP) is 2.00. The van der Waals surface area contributed by atoms with Gasteiger partial charge in [-0.3, -0.25) is 4.79 Å². The number of amides is 1. The minimum absolute atomic E-state index is 0.0594. The molecular weight excluding hydrogens is 446 g/mol. The standard InChI is InChI=1S/C19H18ClN5O5S/c1-11(24-18(26)13-6-14(20)8-15(7-13)31(3,28)29)17-22-10-23-25(17)16-5-4-12(9-21-16)19(27)30-2/h4-11H,1-3H3,(H,24,26). The highest BCUT2D eigenvalue weighted by Gasteiger charge is 2.20. The van der Waals surface area contributed by atoms with Gasteiger partial charge >= 0.3 is 5.97 Å². The fourth-order valence-corrected chi connectivity index (χ4v) is 3.71. The Morgan fingerprint density at radius 3 is 2.52 bits per heavy atom. The molecule has 0 aliphatic heterocycles. The molecule has 3 rings (SSSR count). The second-order valence-corrected chi connectivity index (χ2v) is 9.02. The predicted molar refractivity (Wildman–Crippen MR) is 111 cm³/mol. The maximum atomic E-state index is 12.7. The number of benzene rings is 1. The SMILES string of the molecule is COC(=O)c1ccc(-n2ncnc2C(C)NC(=O)c2cc(Cl)cc(S(C)(=O)=O)c2)nc1. The lowest BCUT2D eigenvalue weighted by Gasteiger charge is -2.15. The summed E-state index contributed by atoms with van der Waals surface area (Å²) >= 11 is 5.97. The molecule has 2 heterocycles. The zero-order valence-corrected chi connectivity index (χ0v) is 18.3. The Labute approximate surface area is 183 Å². The molecule has 0 saturated carbocycles. The number of methoxy groups -OCH3 is 1. The molecule has 12 heteroatoms. The molecule has 1 atom stereocenters. The molecule has 1 amide bonds. The summed E-state index contributed by atoms with van der Waals surface area (Å²) in [4.78, 5) is 32.5. The van der Waals surface area contributed by atoms with E-state index in [4.69, 9.17) is 11.6 Å². The molecule has 1 unspecified atom stereocenters. The van der Waals surface area contributed by atoms with Gasteiger partial charge in [0.25, 0.3) is 5.91 Å². The van der Waals surface area contributed by atoms with Gasteiger partial charge in [0.2, 0.25) is 0 Å². The number of sulfone groups is 1. The molecule has 1 N–H and O–H groups in total. The summed E-state index contributed by atoms with van der Waals surface area (Å²) in [6.45, 7) is 1.68. The van der Waals surface area contributed by atoms with E-state index >= 15 is 0 Å². The number of carbonyl (C=O) groups is 2. The summed E-state index contributed by atoms with van der Waals surface area (Å²) in [5.74, 6) is -0.308. The monoisotopic (exact) mass is 463 g/mol. The number of carbonyl (C=O) groups excluding carboxylic acids is 2. The van der Waals surface area contributed by atoms with Crippen molar-refractivity contribution < 1.29 is 22.7 Å². The average Bonchev–Trinajstić information content (AvgIpc) is 3.22. The van der Waals surface area contributed by atoms with Crippen molar-refractivity contribution in [3.8, 4) is 5.82 Å². The van der Waals surface area contributed by atoms with Crippen LogP contribution in [0.25, 0.3) is 5.82 Å². The van der Waals surface area contributed by atoms with E-state index in [1.54, 1.807) is 13.0 Å². The van der Waals surface area contributed by atoms with Crippen molar-refractivity contribution in [2.75, 3.05) is 13.4 Å². The lowest BCUT2D eigenvalue weighted by molar-refractivity contribution is 0.0600. The van der Waals surface area contributed by atoms with E-state index in [9.17, 15) is 18.0 Å². The van der Waals surface area contributed by atoms with Crippen LogP contribution in [-0.2, 0) is 14.6 Å². The van der Waals surface area contributed by atoms with Gasteiger partial charge in [-0.1, -0.05) is 11.6 Å². The normalized spacial score (nSPS) is 12.3. The number of aromatic nitrogens is 4. The zero-order valence-electron chi connectivity index (χ0n) is 16.7. The van der Waals surface area contributed by atoms with E-state index in [0.29, 0.717) is 11.6 Å². The second-order valence-electron chi connectivity index (χ2n) is 6.57. The third kappa shape index (κ3) is 5.06. The summed E-state index contributed by atoms with van der Waals surface area (Å²) in [6.07, 6.45) is 3.67. The van der Waals surface area contributed by atoms with Gasteiger partial charge in [0.15, 0.2) is 21.5 Å². The van der Waals surface area contributed by atoms with E-state index in [-0.39, 0.29) is 21.0 Å². The van der Waals surface area contributed by atoms with Gasteiger partial charge in [-0.15, -0.1) is 0 Å². The summed E-state index contributed by atoms with van der Waals surface area (Å²) in [5, 5.41) is 6.98. The van der Waals surface area contributed by atoms with Gasteiger partial charge < -0.3 is 10.1 Å². The molecule has 31 heavy (non-hydrogen) atoms. The maximum Gasteiger partial charge on any atom is 0.339 e. The fourth-order valence-electron chi connectivity index (χ4n) is 2.72. The fraction of sp³-hybridized carbons (Fsp3) is 0.211. The minimum atomic E-state index is -3.54. The van der Waals surface area contributed by atoms with Crippen LogP contribution in [0.4, 0.5) is 0 Å². The quantitative estimate of drug-likeness (QED) is 0.548. The number of ether oxygens (including phenoxy) is 1. The van der Waals surface area contributed by atoms with Crippen LogP contribution in [0.3, 0.4) is 0 Å². The lowest BCUT2D eigenvalue weighted by Crippen LogP contribution is -2.29. The number of pyridine rings is 1. The number of rotatable bonds is 6. The van der Waals surface area contributed by atoms with Crippen LogP contribution in [0.1, 0.15) is 39.5 Å². The van der Waals surface area contributed by atoms with Gasteiger partial charge in [-0.2, -0.15) is 9.78 Å². The highest BCUT2D eigenvalue weighted by atomic mass is 35.5. The average molecular weight is 464 g/mol. The van der Waals surface area contributed by atoms with Crippen molar-refractivity contribution >= 4 is 33.3 Å². The molecular formula is C19H18ClN5O5S. The molecule has 0 fully saturated rings. The minimum Gasteiger partial charge on any atom is -0.465 e. The van der Waals surface area contributed by atoms with Crippen molar-refractivity contribution in [1.82, 2.24) is 25.1 Å². The van der Waals surface area contributed by atoms with E-state index in [2.05, 4.69) is 25.1 Å². The third-order valence-corrected chi connectivity index (χ3v) is 5.57. The summed E-state index contributed by atoms with van der Waals surface area (Å²) in [7, 11) is -2.27. The first-order chi connectivity index (χ1) is 14.6. The highest BCUT2D eigenvalue weighted by molar-refractivity contribution is 7.90. The Bertz CT molecular complexity index is 1240. The van der Waals surface area contributed by atoms with Crippen molar-refractivity contribution in [1.29, 1.82) is 0 Å². The first-order valence-electron chi connectivity index (χ1n) is 8.86. The number of esters is 1. The highest BCUT2D eigenvalue weighted by Crippen LogP contribution is 2.20. The van der Waals surface area contributed by atoms with Crippen molar-refractivity contribution in [2.45, 2.75) is 17.9 Å². The van der Waals surface area contributed by atoms with Crippen LogP contribution in [0, 0.1) is 0 Å². The molecule has 162 valence electrons. The number of hydrogen-bond acceptors (Lipinski definition) is 8. The summed E-state index contributed by atoms with van der Waals surface area (Å²) < 4.78 is 29.7. The van der Waals surface area contributed by atoms with Crippen molar-refractivity contribution in [3.63, 3.8) is 0 Å². The largest absolute Gasteiger partial charge is 0.465 e. The molecule has 0 spiro atoms. The van der Waals surface area contributed by atoms with Crippen LogP contribution in [0.2, 0.25) is 5.02 Å². The van der Waals surface area contributed by atoms with Crippen LogP contribution < -0.4 is 5.32 Å². The van der Waals surface area contributed by atoms with Gasteiger partial charge in [-0.05, 0) is 37.3 Å². The van der Waals surface area contributed by atoms with E-state index in [1.165, 1.54) is 48.6 Å². The third-order valence-electron chi connectivity index (χ3n) is 4.26. The van der Waals surface area contributed by atoms with Crippen LogP contribution in [0.15, 0.2) is 47.8 Å². The first-order valence-corrected chi connectivity index (χ1v) is 11.1. The second kappa shape index (κ2) is 8.82. The molecule has 0 radical (unpaired) electrons. The van der Waals surface area contributed by atoms with E-state index in [0.717, 1.165) is 6.26 Å². The zero-order chi connectivity index (χ0) is 22.8. The number of nitrogens with one attached hydrogen (secondary N) is 1. The van der Waals surface area contributed by atoms with Crippen LogP contribution in [-0.4, -0.2) is 53.4 Å². The number of halogens is 1. The Hall–Kier alpha value is -3.31. The molecule has 0 saturated heterocycles. The summed E-state index contributed by atoms with van der Waals surface area (Å²) in [6, 6.07) is 6.38. The molecule has 2 aromatic heterocycles.